The van der Waals surface area contributed by atoms with Gasteiger partial charge < -0.3 is 19.3 Å². The van der Waals surface area contributed by atoms with E-state index in [0.717, 1.165) is 17.6 Å². The number of fused-ring (bicyclic) bond motifs is 1. The van der Waals surface area contributed by atoms with Gasteiger partial charge in [-0.05, 0) is 31.4 Å². The van der Waals surface area contributed by atoms with Gasteiger partial charge in [0.15, 0.2) is 5.79 Å². The summed E-state index contributed by atoms with van der Waals surface area (Å²) in [6, 6.07) is 10.1. The Kier molecular flexibility index (Phi) is 4.64. The quantitative estimate of drug-likeness (QED) is 0.869. The first-order chi connectivity index (χ1) is 10.6. The summed E-state index contributed by atoms with van der Waals surface area (Å²) in [6.45, 7) is 5.53. The van der Waals surface area contributed by atoms with Crippen LogP contribution in [-0.4, -0.2) is 36.3 Å². The summed E-state index contributed by atoms with van der Waals surface area (Å²) in [7, 11) is 0. The molecule has 0 radical (unpaired) electrons. The molecule has 2 aliphatic rings. The second-order valence-corrected chi connectivity index (χ2v) is 6.44. The monoisotopic (exact) mass is 304 g/mol. The molecule has 1 fully saturated rings. The molecule has 1 saturated heterocycles. The van der Waals surface area contributed by atoms with Crippen LogP contribution >= 0.6 is 0 Å². The number of ether oxygens (including phenoxy) is 3. The second-order valence-electron chi connectivity index (χ2n) is 6.44. The molecule has 3 atom stereocenters. The van der Waals surface area contributed by atoms with Crippen molar-refractivity contribution >= 4 is 0 Å². The van der Waals surface area contributed by atoms with Gasteiger partial charge in [-0.3, -0.25) is 0 Å². The molecule has 0 saturated carbocycles. The van der Waals surface area contributed by atoms with E-state index < -0.39 is 11.9 Å². The van der Waals surface area contributed by atoms with Gasteiger partial charge in [-0.1, -0.05) is 36.4 Å². The molecule has 3 rings (SSSR count). The lowest BCUT2D eigenvalue weighted by atomic mass is 9.96. The maximum Gasteiger partial charge on any atom is 0.163 e. The van der Waals surface area contributed by atoms with Gasteiger partial charge in [0.25, 0.3) is 0 Å². The van der Waals surface area contributed by atoms with E-state index in [2.05, 4.69) is 0 Å². The minimum absolute atomic E-state index is 0.174. The van der Waals surface area contributed by atoms with Crippen molar-refractivity contribution in [1.29, 1.82) is 0 Å². The fourth-order valence-electron chi connectivity index (χ4n) is 3.20. The Morgan fingerprint density at radius 3 is 2.77 bits per heavy atom. The summed E-state index contributed by atoms with van der Waals surface area (Å²) in [5.41, 5.74) is 2.27. The summed E-state index contributed by atoms with van der Waals surface area (Å²) < 4.78 is 17.5. The van der Waals surface area contributed by atoms with Gasteiger partial charge in [-0.2, -0.15) is 0 Å². The molecular formula is C18H24O4. The Balaban J connectivity index is 1.59. The van der Waals surface area contributed by atoms with E-state index in [9.17, 15) is 5.11 Å². The number of hydrogen-bond acceptors (Lipinski definition) is 4. The van der Waals surface area contributed by atoms with Crippen molar-refractivity contribution in [3.8, 4) is 0 Å². The first-order valence-electron chi connectivity index (χ1n) is 7.87. The molecule has 0 spiro atoms. The Bertz CT molecular complexity index is 523. The van der Waals surface area contributed by atoms with Crippen molar-refractivity contribution in [2.24, 2.45) is 5.92 Å². The van der Waals surface area contributed by atoms with E-state index in [0.29, 0.717) is 19.8 Å². The lowest BCUT2D eigenvalue weighted by Crippen LogP contribution is -2.37. The highest BCUT2D eigenvalue weighted by Crippen LogP contribution is 2.37. The number of aliphatic hydroxyl groups excluding tert-OH is 1. The van der Waals surface area contributed by atoms with Crippen LogP contribution in [0.2, 0.25) is 0 Å². The molecule has 120 valence electrons. The highest BCUT2D eigenvalue weighted by atomic mass is 16.7. The summed E-state index contributed by atoms with van der Waals surface area (Å²) in [4.78, 5) is 0. The maximum atomic E-state index is 10.3. The van der Waals surface area contributed by atoms with Crippen molar-refractivity contribution in [2.75, 3.05) is 13.2 Å². The van der Waals surface area contributed by atoms with Crippen LogP contribution in [0.4, 0.5) is 0 Å². The predicted octanol–water partition coefficient (Wildman–Crippen LogP) is 2.66. The van der Waals surface area contributed by atoms with Crippen molar-refractivity contribution in [3.05, 3.63) is 47.5 Å². The van der Waals surface area contributed by atoms with E-state index in [1.807, 2.05) is 50.3 Å². The molecule has 0 amide bonds. The van der Waals surface area contributed by atoms with Crippen molar-refractivity contribution in [3.63, 3.8) is 0 Å². The predicted molar refractivity (Wildman–Crippen MR) is 83.2 cm³/mol. The third kappa shape index (κ3) is 3.58. The molecule has 1 heterocycles. The number of rotatable bonds is 4. The van der Waals surface area contributed by atoms with Crippen molar-refractivity contribution in [1.82, 2.24) is 0 Å². The Morgan fingerprint density at radius 1 is 1.23 bits per heavy atom. The number of aliphatic hydroxyl groups is 1. The molecule has 1 N–H and O–H groups in total. The Morgan fingerprint density at radius 2 is 2.00 bits per heavy atom. The van der Waals surface area contributed by atoms with Gasteiger partial charge >= 0.3 is 0 Å². The second kappa shape index (κ2) is 6.50. The Labute approximate surface area is 131 Å². The largest absolute Gasteiger partial charge is 0.386 e. The minimum atomic E-state index is -0.644. The molecule has 1 aliphatic heterocycles. The zero-order valence-electron chi connectivity index (χ0n) is 13.2. The molecule has 1 aromatic carbocycles. The lowest BCUT2D eigenvalue weighted by molar-refractivity contribution is -0.235. The van der Waals surface area contributed by atoms with Gasteiger partial charge in [0.05, 0.1) is 32.0 Å². The molecule has 22 heavy (non-hydrogen) atoms. The maximum absolute atomic E-state index is 10.3. The topological polar surface area (TPSA) is 47.9 Å². The fraction of sp³-hybridized carbons (Fsp3) is 0.556. The van der Waals surface area contributed by atoms with Gasteiger partial charge in [0.1, 0.15) is 0 Å². The standard InChI is InChI=1S/C18H24O4/c1-18(2)21-9-8-15-14(10-16(19)17(15)22-18)12-20-11-13-6-4-3-5-7-13/h3-7,10,15-17,19H,8-9,11-12H2,1-2H3/t15?,16-,17+/m0/s1. The molecule has 4 heteroatoms. The first-order valence-corrected chi connectivity index (χ1v) is 7.87. The number of hydrogen-bond donors (Lipinski definition) is 1. The number of benzene rings is 1. The normalized spacial score (nSPS) is 30.5. The molecule has 0 bridgehead atoms. The highest BCUT2D eigenvalue weighted by Gasteiger charge is 2.42. The first kappa shape index (κ1) is 15.7. The zero-order valence-corrected chi connectivity index (χ0v) is 13.2. The average Bonchev–Trinajstić information content (AvgIpc) is 2.67. The average molecular weight is 304 g/mol. The molecule has 1 aliphatic carbocycles. The highest BCUT2D eigenvalue weighted by molar-refractivity contribution is 5.22. The van der Waals surface area contributed by atoms with Crippen LogP contribution in [0.1, 0.15) is 25.8 Å². The summed E-state index contributed by atoms with van der Waals surface area (Å²) >= 11 is 0. The van der Waals surface area contributed by atoms with Crippen LogP contribution in [0.25, 0.3) is 0 Å². The van der Waals surface area contributed by atoms with Crippen LogP contribution in [0.3, 0.4) is 0 Å². The van der Waals surface area contributed by atoms with Gasteiger partial charge in [0.2, 0.25) is 0 Å². The SMILES string of the molecule is CC1(C)OCCC2C(COCc3ccccc3)=C[C@H](O)[C@@H]2O1. The van der Waals surface area contributed by atoms with E-state index in [1.54, 1.807) is 0 Å². The van der Waals surface area contributed by atoms with E-state index >= 15 is 0 Å². The molecule has 4 nitrogen and oxygen atoms in total. The smallest absolute Gasteiger partial charge is 0.163 e. The van der Waals surface area contributed by atoms with E-state index in [4.69, 9.17) is 14.2 Å². The van der Waals surface area contributed by atoms with Crippen LogP contribution < -0.4 is 0 Å². The van der Waals surface area contributed by atoms with E-state index in [1.165, 1.54) is 0 Å². The summed E-state index contributed by atoms with van der Waals surface area (Å²) in [5.74, 6) is -0.471. The van der Waals surface area contributed by atoms with E-state index in [-0.39, 0.29) is 12.0 Å². The van der Waals surface area contributed by atoms with Gasteiger partial charge in [-0.25, -0.2) is 0 Å². The van der Waals surface area contributed by atoms with Gasteiger partial charge in [-0.15, -0.1) is 0 Å². The summed E-state index contributed by atoms with van der Waals surface area (Å²) in [5, 5.41) is 10.3. The van der Waals surface area contributed by atoms with Gasteiger partial charge in [0, 0.05) is 5.92 Å². The third-order valence-electron chi connectivity index (χ3n) is 4.27. The molecule has 0 aromatic heterocycles. The lowest BCUT2D eigenvalue weighted by Gasteiger charge is -2.29. The third-order valence-corrected chi connectivity index (χ3v) is 4.27. The molecule has 1 aromatic rings. The molecular weight excluding hydrogens is 280 g/mol. The fourth-order valence-corrected chi connectivity index (χ4v) is 3.20. The zero-order chi connectivity index (χ0) is 15.6. The summed E-state index contributed by atoms with van der Waals surface area (Å²) in [6.07, 6.45) is 1.93. The van der Waals surface area contributed by atoms with Crippen molar-refractivity contribution < 1.29 is 19.3 Å². The molecule has 1 unspecified atom stereocenters. The van der Waals surface area contributed by atoms with Crippen LogP contribution in [0.15, 0.2) is 42.0 Å². The van der Waals surface area contributed by atoms with Crippen LogP contribution in [-0.2, 0) is 20.8 Å². The minimum Gasteiger partial charge on any atom is -0.386 e. The van der Waals surface area contributed by atoms with Crippen LogP contribution in [0, 0.1) is 5.92 Å². The Hall–Kier alpha value is -1.20. The van der Waals surface area contributed by atoms with Crippen molar-refractivity contribution in [2.45, 2.75) is 44.9 Å². The van der Waals surface area contributed by atoms with Crippen LogP contribution in [0.5, 0.6) is 0 Å².